The van der Waals surface area contributed by atoms with Crippen LogP contribution in [-0.4, -0.2) is 37.7 Å². The van der Waals surface area contributed by atoms with Gasteiger partial charge in [-0.05, 0) is 66.6 Å². The summed E-state index contributed by atoms with van der Waals surface area (Å²) in [6.45, 7) is 5.43. The fourth-order valence-electron chi connectivity index (χ4n) is 2.59. The molecule has 0 fully saturated rings. The fourth-order valence-corrected chi connectivity index (χ4v) is 3.28. The number of carbonyl (C=O) groups is 2. The minimum atomic E-state index is -0.126. The van der Waals surface area contributed by atoms with E-state index in [1.165, 1.54) is 18.7 Å². The molecule has 0 aliphatic heterocycles. The molecule has 0 aliphatic carbocycles. The molecule has 1 amide bonds. The van der Waals surface area contributed by atoms with E-state index in [-0.39, 0.29) is 17.4 Å². The van der Waals surface area contributed by atoms with E-state index in [1.54, 1.807) is 28.9 Å². The molecule has 27 heavy (non-hydrogen) atoms. The van der Waals surface area contributed by atoms with E-state index in [9.17, 15) is 9.59 Å². The molecule has 8 heteroatoms. The summed E-state index contributed by atoms with van der Waals surface area (Å²) in [7, 11) is 0. The molecule has 3 aromatic rings. The number of aromatic nitrogens is 4. The van der Waals surface area contributed by atoms with Gasteiger partial charge in [-0.15, -0.1) is 5.10 Å². The zero-order chi connectivity index (χ0) is 19.4. The summed E-state index contributed by atoms with van der Waals surface area (Å²) in [5, 5.41) is 15.1. The van der Waals surface area contributed by atoms with E-state index >= 15 is 0 Å². The smallest absolute Gasteiger partial charge is 0.234 e. The molecule has 1 aromatic heterocycles. The van der Waals surface area contributed by atoms with Gasteiger partial charge in [-0.2, -0.15) is 4.68 Å². The Morgan fingerprint density at radius 3 is 2.37 bits per heavy atom. The lowest BCUT2D eigenvalue weighted by Gasteiger charge is -2.11. The number of rotatable bonds is 6. The number of benzene rings is 2. The molecular weight excluding hydrogens is 362 g/mol. The Kier molecular flexibility index (Phi) is 5.66. The number of anilines is 1. The number of carbonyl (C=O) groups excluding carboxylic acids is 2. The predicted octanol–water partition coefficient (Wildman–Crippen LogP) is 3.21. The second-order valence-electron chi connectivity index (χ2n) is 6.08. The average Bonchev–Trinajstić information content (AvgIpc) is 3.12. The molecular formula is C19H19N5O2S. The molecule has 1 heterocycles. The summed E-state index contributed by atoms with van der Waals surface area (Å²) < 4.78 is 1.54. The number of hydrogen-bond acceptors (Lipinski definition) is 6. The third-order valence-corrected chi connectivity index (χ3v) is 4.96. The zero-order valence-corrected chi connectivity index (χ0v) is 16.1. The molecule has 0 bridgehead atoms. The summed E-state index contributed by atoms with van der Waals surface area (Å²) in [4.78, 5) is 23.7. The maximum absolute atomic E-state index is 12.3. The number of nitrogens with zero attached hydrogens (tertiary/aromatic N) is 4. The summed E-state index contributed by atoms with van der Waals surface area (Å²) in [6.07, 6.45) is 0. The zero-order valence-electron chi connectivity index (χ0n) is 15.3. The molecule has 1 N–H and O–H groups in total. The van der Waals surface area contributed by atoms with Crippen LogP contribution in [0.15, 0.2) is 47.6 Å². The monoisotopic (exact) mass is 381 g/mol. The SMILES string of the molecule is CC(=O)c1ccc(-n2nnnc2SCC(=O)Nc2c(C)cccc2C)cc1. The molecule has 7 nitrogen and oxygen atoms in total. The van der Waals surface area contributed by atoms with E-state index < -0.39 is 0 Å². The standard InChI is InChI=1S/C19H19N5O2S/c1-12-5-4-6-13(2)18(12)20-17(26)11-27-19-21-22-23-24(19)16-9-7-15(8-10-16)14(3)25/h4-10H,11H2,1-3H3,(H,20,26). The van der Waals surface area contributed by atoms with Crippen LogP contribution in [0.1, 0.15) is 28.4 Å². The van der Waals surface area contributed by atoms with Crippen LogP contribution in [-0.2, 0) is 4.79 Å². The lowest BCUT2D eigenvalue weighted by Crippen LogP contribution is -2.16. The molecule has 0 unspecified atom stereocenters. The lowest BCUT2D eigenvalue weighted by atomic mass is 10.1. The van der Waals surface area contributed by atoms with Crippen molar-refractivity contribution >= 4 is 29.1 Å². The number of aryl methyl sites for hydroxylation is 2. The highest BCUT2D eigenvalue weighted by Crippen LogP contribution is 2.22. The van der Waals surface area contributed by atoms with Gasteiger partial charge in [0.15, 0.2) is 5.78 Å². The van der Waals surface area contributed by atoms with Gasteiger partial charge in [0.2, 0.25) is 11.1 Å². The van der Waals surface area contributed by atoms with Gasteiger partial charge in [-0.1, -0.05) is 30.0 Å². The van der Waals surface area contributed by atoms with Crippen molar-refractivity contribution in [2.24, 2.45) is 0 Å². The number of para-hydroxylation sites is 1. The number of Topliss-reactive ketones (excluding diaryl/α,β-unsaturated/α-hetero) is 1. The van der Waals surface area contributed by atoms with Crippen molar-refractivity contribution in [3.05, 3.63) is 59.2 Å². The molecule has 3 rings (SSSR count). The van der Waals surface area contributed by atoms with Crippen molar-refractivity contribution in [2.75, 3.05) is 11.1 Å². The van der Waals surface area contributed by atoms with Crippen molar-refractivity contribution in [1.29, 1.82) is 0 Å². The molecule has 0 radical (unpaired) electrons. The highest BCUT2D eigenvalue weighted by Gasteiger charge is 2.13. The van der Waals surface area contributed by atoms with Crippen molar-refractivity contribution < 1.29 is 9.59 Å². The van der Waals surface area contributed by atoms with Crippen molar-refractivity contribution in [1.82, 2.24) is 20.2 Å². The van der Waals surface area contributed by atoms with E-state index in [2.05, 4.69) is 20.8 Å². The van der Waals surface area contributed by atoms with Gasteiger partial charge >= 0.3 is 0 Å². The molecule has 0 saturated heterocycles. The van der Waals surface area contributed by atoms with Crippen LogP contribution < -0.4 is 5.32 Å². The number of amides is 1. The van der Waals surface area contributed by atoms with Crippen LogP contribution >= 0.6 is 11.8 Å². The van der Waals surface area contributed by atoms with Crippen LogP contribution in [0.4, 0.5) is 5.69 Å². The predicted molar refractivity (Wildman–Crippen MR) is 104 cm³/mol. The first-order valence-corrected chi connectivity index (χ1v) is 9.33. The van der Waals surface area contributed by atoms with E-state index in [4.69, 9.17) is 0 Å². The molecule has 0 saturated carbocycles. The molecule has 138 valence electrons. The van der Waals surface area contributed by atoms with Gasteiger partial charge in [-0.25, -0.2) is 0 Å². The largest absolute Gasteiger partial charge is 0.325 e. The first kappa shape index (κ1) is 18.8. The third-order valence-electron chi connectivity index (χ3n) is 4.04. The second-order valence-corrected chi connectivity index (χ2v) is 7.02. The van der Waals surface area contributed by atoms with E-state index in [0.29, 0.717) is 10.7 Å². The van der Waals surface area contributed by atoms with Gasteiger partial charge in [0.05, 0.1) is 11.4 Å². The quantitative estimate of drug-likeness (QED) is 0.521. The van der Waals surface area contributed by atoms with Crippen LogP contribution in [0, 0.1) is 13.8 Å². The molecule has 0 aliphatic rings. The average molecular weight is 381 g/mol. The van der Waals surface area contributed by atoms with Crippen LogP contribution in [0.5, 0.6) is 0 Å². The minimum absolute atomic E-state index is 0.00367. The van der Waals surface area contributed by atoms with Crippen LogP contribution in [0.2, 0.25) is 0 Å². The first-order chi connectivity index (χ1) is 13.0. The Balaban J connectivity index is 1.68. The second kappa shape index (κ2) is 8.13. The van der Waals surface area contributed by atoms with E-state index in [0.717, 1.165) is 22.5 Å². The maximum Gasteiger partial charge on any atom is 0.234 e. The first-order valence-electron chi connectivity index (χ1n) is 8.34. The van der Waals surface area contributed by atoms with Gasteiger partial charge in [0.1, 0.15) is 0 Å². The number of ketones is 1. The van der Waals surface area contributed by atoms with Gasteiger partial charge in [-0.3, -0.25) is 9.59 Å². The van der Waals surface area contributed by atoms with Gasteiger partial charge in [0.25, 0.3) is 0 Å². The molecule has 0 spiro atoms. The summed E-state index contributed by atoms with van der Waals surface area (Å²) in [6, 6.07) is 12.9. The van der Waals surface area contributed by atoms with Gasteiger partial charge < -0.3 is 5.32 Å². The Morgan fingerprint density at radius 1 is 1.07 bits per heavy atom. The summed E-state index contributed by atoms with van der Waals surface area (Å²) in [5.41, 5.74) is 4.21. The van der Waals surface area contributed by atoms with E-state index in [1.807, 2.05) is 32.0 Å². The minimum Gasteiger partial charge on any atom is -0.325 e. The topological polar surface area (TPSA) is 89.8 Å². The maximum atomic E-state index is 12.3. The lowest BCUT2D eigenvalue weighted by molar-refractivity contribution is -0.113. The summed E-state index contributed by atoms with van der Waals surface area (Å²) >= 11 is 1.25. The fraction of sp³-hybridized carbons (Fsp3) is 0.211. The van der Waals surface area contributed by atoms with Crippen LogP contribution in [0.25, 0.3) is 5.69 Å². The molecule has 2 aromatic carbocycles. The number of hydrogen-bond donors (Lipinski definition) is 1. The highest BCUT2D eigenvalue weighted by molar-refractivity contribution is 7.99. The Morgan fingerprint density at radius 2 is 1.74 bits per heavy atom. The normalized spacial score (nSPS) is 10.6. The Labute approximate surface area is 161 Å². The summed E-state index contributed by atoms with van der Waals surface area (Å²) in [5.74, 6) is 0.0505. The van der Waals surface area contributed by atoms with Gasteiger partial charge in [0, 0.05) is 11.3 Å². The van der Waals surface area contributed by atoms with Crippen molar-refractivity contribution in [3.63, 3.8) is 0 Å². The Bertz CT molecular complexity index is 962. The number of tetrazole rings is 1. The highest BCUT2D eigenvalue weighted by atomic mass is 32.2. The number of nitrogens with one attached hydrogen (secondary N) is 1. The molecule has 0 atom stereocenters. The van der Waals surface area contributed by atoms with Crippen molar-refractivity contribution in [3.8, 4) is 5.69 Å². The Hall–Kier alpha value is -3.00. The van der Waals surface area contributed by atoms with Crippen LogP contribution in [0.3, 0.4) is 0 Å². The third kappa shape index (κ3) is 4.40. The number of thioether (sulfide) groups is 1. The van der Waals surface area contributed by atoms with Crippen molar-refractivity contribution in [2.45, 2.75) is 25.9 Å².